The fraction of sp³-hybridized carbons (Fsp3) is 0.727. The van der Waals surface area contributed by atoms with Crippen LogP contribution in [0.5, 0.6) is 0 Å². The first kappa shape index (κ1) is 14.9. The predicted molar refractivity (Wildman–Crippen MR) is 75.9 cm³/mol. The van der Waals surface area contributed by atoms with Crippen molar-refractivity contribution in [2.45, 2.75) is 44.3 Å². The second-order valence-electron chi connectivity index (χ2n) is 4.18. The van der Waals surface area contributed by atoms with Crippen LogP contribution < -0.4 is 0 Å². The molecular formula is C11H16INO3S. The van der Waals surface area contributed by atoms with Gasteiger partial charge in [0.2, 0.25) is 11.8 Å². The number of carbonyl (C=O) groups is 3. The van der Waals surface area contributed by atoms with E-state index in [2.05, 4.69) is 21.2 Å². The quantitative estimate of drug-likeness (QED) is 0.393. The lowest BCUT2D eigenvalue weighted by Gasteiger charge is -2.13. The maximum absolute atomic E-state index is 11.7. The van der Waals surface area contributed by atoms with E-state index in [1.807, 2.05) is 0 Å². The third-order valence-corrected chi connectivity index (χ3v) is 5.15. The molecule has 1 rings (SSSR count). The molecule has 0 saturated carbocycles. The number of halogens is 1. The maximum Gasteiger partial charge on any atom is 0.243 e. The van der Waals surface area contributed by atoms with Gasteiger partial charge in [0, 0.05) is 19.4 Å². The van der Waals surface area contributed by atoms with Crippen LogP contribution in [0, 0.1) is 0 Å². The summed E-state index contributed by atoms with van der Waals surface area (Å²) in [5, 5.41) is -0.194. The van der Waals surface area contributed by atoms with Crippen molar-refractivity contribution in [3.05, 3.63) is 0 Å². The summed E-state index contributed by atoms with van der Waals surface area (Å²) in [6.45, 7) is 2.08. The minimum absolute atomic E-state index is 0.0547. The van der Waals surface area contributed by atoms with Crippen molar-refractivity contribution in [2.24, 2.45) is 0 Å². The van der Waals surface area contributed by atoms with Gasteiger partial charge >= 0.3 is 0 Å². The van der Waals surface area contributed by atoms with E-state index < -0.39 is 0 Å². The average molecular weight is 369 g/mol. The van der Waals surface area contributed by atoms with Gasteiger partial charge in [-0.25, -0.2) is 0 Å². The van der Waals surface area contributed by atoms with E-state index >= 15 is 0 Å². The molecule has 0 N–H and O–H groups in total. The van der Waals surface area contributed by atoms with Crippen LogP contribution >= 0.6 is 30.1 Å². The van der Waals surface area contributed by atoms with Gasteiger partial charge in [-0.2, -0.15) is 0 Å². The van der Waals surface area contributed by atoms with Crippen LogP contribution in [-0.4, -0.2) is 34.3 Å². The van der Waals surface area contributed by atoms with Crippen LogP contribution in [0.4, 0.5) is 0 Å². The Balaban J connectivity index is 2.25. The van der Waals surface area contributed by atoms with E-state index in [0.29, 0.717) is 19.4 Å². The minimum atomic E-state index is -0.194. The van der Waals surface area contributed by atoms with Gasteiger partial charge in [0.05, 0.1) is 0 Å². The zero-order valence-corrected chi connectivity index (χ0v) is 12.8. The molecule has 0 aromatic rings. The van der Waals surface area contributed by atoms with Gasteiger partial charge in [0.25, 0.3) is 0 Å². The molecular weight excluding hydrogens is 353 g/mol. The van der Waals surface area contributed by atoms with Gasteiger partial charge in [-0.15, -0.1) is 0 Å². The Morgan fingerprint density at radius 1 is 1.41 bits per heavy atom. The van der Waals surface area contributed by atoms with Gasteiger partial charge in [-0.1, -0.05) is 15.4 Å². The number of carbonyl (C=O) groups excluding carboxylic acids is 3. The number of nitrogens with zero attached hydrogens (tertiary/aromatic N) is 1. The molecule has 0 spiro atoms. The summed E-state index contributed by atoms with van der Waals surface area (Å²) in [7, 11) is 1.41. The highest BCUT2D eigenvalue weighted by Gasteiger charge is 2.37. The summed E-state index contributed by atoms with van der Waals surface area (Å²) in [4.78, 5) is 35.4. The molecule has 2 amide bonds. The number of hydrogen-bond acceptors (Lipinski definition) is 4. The number of amides is 2. The molecule has 1 saturated heterocycles. The first-order valence-electron chi connectivity index (χ1n) is 5.67. The van der Waals surface area contributed by atoms with Crippen molar-refractivity contribution in [2.75, 3.05) is 6.54 Å². The van der Waals surface area contributed by atoms with Crippen molar-refractivity contribution in [3.63, 3.8) is 0 Å². The van der Waals surface area contributed by atoms with Crippen LogP contribution in [0.15, 0.2) is 0 Å². The number of hydrogen-bond donors (Lipinski definition) is 0. The summed E-state index contributed by atoms with van der Waals surface area (Å²) in [6, 6.07) is 0. The lowest BCUT2D eigenvalue weighted by atomic mass is 10.1. The van der Waals surface area contributed by atoms with Gasteiger partial charge in [0.1, 0.15) is 11.0 Å². The van der Waals surface area contributed by atoms with E-state index in [1.54, 1.807) is 6.92 Å². The first-order chi connectivity index (χ1) is 8.06. The van der Waals surface area contributed by atoms with Gasteiger partial charge < -0.3 is 4.79 Å². The lowest BCUT2D eigenvalue weighted by molar-refractivity contribution is -0.138. The molecule has 1 aliphatic rings. The molecule has 1 unspecified atom stereocenters. The molecule has 0 aromatic carbocycles. The Morgan fingerprint density at radius 3 is 2.65 bits per heavy atom. The summed E-state index contributed by atoms with van der Waals surface area (Å²) in [6.07, 6.45) is 3.45. The topological polar surface area (TPSA) is 54.5 Å². The van der Waals surface area contributed by atoms with Crippen molar-refractivity contribution >= 4 is 47.7 Å². The van der Waals surface area contributed by atoms with E-state index in [0.717, 1.165) is 19.3 Å². The molecule has 1 atom stereocenters. The smallest absolute Gasteiger partial charge is 0.243 e. The molecule has 0 aliphatic carbocycles. The van der Waals surface area contributed by atoms with Crippen molar-refractivity contribution in [1.29, 1.82) is 0 Å². The number of rotatable bonds is 7. The fourth-order valence-corrected chi connectivity index (χ4v) is 3.38. The molecule has 0 aromatic heterocycles. The third kappa shape index (κ3) is 4.57. The number of imide groups is 1. The zero-order valence-electron chi connectivity index (χ0n) is 9.78. The Kier molecular flexibility index (Phi) is 6.47. The summed E-state index contributed by atoms with van der Waals surface area (Å²) in [5.74, 6) is 0.0800. The molecule has 0 bridgehead atoms. The number of unbranched alkanes of at least 4 members (excludes halogenated alkanes) is 2. The van der Waals surface area contributed by atoms with Crippen molar-refractivity contribution < 1.29 is 14.4 Å². The molecule has 17 heavy (non-hydrogen) atoms. The predicted octanol–water partition coefficient (Wildman–Crippen LogP) is 2.35. The van der Waals surface area contributed by atoms with Crippen LogP contribution in [-0.2, 0) is 14.4 Å². The number of likely N-dealkylation sites (tertiary alicyclic amines) is 1. The summed E-state index contributed by atoms with van der Waals surface area (Å²) in [5.41, 5.74) is 0. The maximum atomic E-state index is 11.7. The normalized spacial score (nSPS) is 20.1. The highest BCUT2D eigenvalue weighted by Crippen LogP contribution is 2.29. The van der Waals surface area contributed by atoms with Gasteiger partial charge in [-0.05, 0) is 41.0 Å². The highest BCUT2D eigenvalue weighted by atomic mass is 127. The molecule has 1 aliphatic heterocycles. The second kappa shape index (κ2) is 7.35. The van der Waals surface area contributed by atoms with E-state index in [4.69, 9.17) is 0 Å². The molecule has 1 fully saturated rings. The molecule has 0 radical (unpaired) electrons. The van der Waals surface area contributed by atoms with Crippen LogP contribution in [0.2, 0.25) is 0 Å². The monoisotopic (exact) mass is 369 g/mol. The zero-order chi connectivity index (χ0) is 12.8. The van der Waals surface area contributed by atoms with Crippen LogP contribution in [0.25, 0.3) is 0 Å². The van der Waals surface area contributed by atoms with E-state index in [-0.39, 0.29) is 22.8 Å². The second-order valence-corrected chi connectivity index (χ2v) is 6.45. The Labute approximate surface area is 117 Å². The number of Topliss-reactive ketones (excluding diaryl/α,β-unsaturated/α-hetero) is 1. The summed E-state index contributed by atoms with van der Waals surface area (Å²) >= 11 is 2.06. The minimum Gasteiger partial charge on any atom is -0.300 e. The van der Waals surface area contributed by atoms with Gasteiger partial charge in [0.15, 0.2) is 0 Å². The van der Waals surface area contributed by atoms with Crippen molar-refractivity contribution in [3.8, 4) is 0 Å². The standard InChI is InChI=1S/C11H16INO3S/c1-8(14)5-3-2-4-6-13-10(15)7-9(17-12)11(13)16/h9H,2-7H2,1H3. The Bertz CT molecular complexity index is 322. The average Bonchev–Trinajstić information content (AvgIpc) is 2.54. The molecule has 4 nitrogen and oxygen atoms in total. The Morgan fingerprint density at radius 2 is 2.12 bits per heavy atom. The van der Waals surface area contributed by atoms with Gasteiger partial charge in [-0.3, -0.25) is 14.5 Å². The first-order valence-corrected chi connectivity index (χ1v) is 9.09. The van der Waals surface area contributed by atoms with Crippen LogP contribution in [0.3, 0.4) is 0 Å². The van der Waals surface area contributed by atoms with Crippen molar-refractivity contribution in [1.82, 2.24) is 4.90 Å². The largest absolute Gasteiger partial charge is 0.300 e. The third-order valence-electron chi connectivity index (χ3n) is 2.72. The molecule has 1 heterocycles. The van der Waals surface area contributed by atoms with Crippen LogP contribution in [0.1, 0.15) is 39.0 Å². The lowest BCUT2D eigenvalue weighted by Crippen LogP contribution is -2.32. The fourth-order valence-electron chi connectivity index (χ4n) is 1.78. The Hall–Kier alpha value is -0.110. The summed E-state index contributed by atoms with van der Waals surface area (Å²) < 4.78 is 0. The molecule has 96 valence electrons. The SMILES string of the molecule is CC(=O)CCCCCN1C(=O)CC(SI)C1=O. The van der Waals surface area contributed by atoms with E-state index in [1.165, 1.54) is 13.8 Å². The van der Waals surface area contributed by atoms with E-state index in [9.17, 15) is 14.4 Å². The highest BCUT2D eigenvalue weighted by molar-refractivity contribution is 14.2. The molecule has 6 heteroatoms. The number of ketones is 1.